The van der Waals surface area contributed by atoms with Gasteiger partial charge in [0.15, 0.2) is 0 Å². The Balaban J connectivity index is 1.37. The van der Waals surface area contributed by atoms with E-state index in [9.17, 15) is 0 Å². The van der Waals surface area contributed by atoms with Gasteiger partial charge in [-0.3, -0.25) is 4.90 Å². The highest BCUT2D eigenvalue weighted by Gasteiger charge is 2.19. The summed E-state index contributed by atoms with van der Waals surface area (Å²) in [7, 11) is 0. The van der Waals surface area contributed by atoms with Crippen LogP contribution in [0.2, 0.25) is 5.02 Å². The molecule has 0 atom stereocenters. The first-order chi connectivity index (χ1) is 12.3. The number of piperidine rings is 1. The van der Waals surface area contributed by atoms with Gasteiger partial charge in [0.25, 0.3) is 0 Å². The number of likely N-dealkylation sites (tertiary alicyclic amines) is 1. The Hall–Kier alpha value is -2.03. The predicted molar refractivity (Wildman–Crippen MR) is 107 cm³/mol. The van der Waals surface area contributed by atoms with Crippen molar-refractivity contribution in [2.24, 2.45) is 0 Å². The molecule has 0 radical (unpaired) electrons. The van der Waals surface area contributed by atoms with Gasteiger partial charge in [-0.2, -0.15) is 0 Å². The molecular formula is C22H23ClN2. The van der Waals surface area contributed by atoms with Gasteiger partial charge >= 0.3 is 0 Å². The molecule has 0 aromatic heterocycles. The van der Waals surface area contributed by atoms with E-state index in [1.165, 1.54) is 16.3 Å². The maximum absolute atomic E-state index is 6.08. The van der Waals surface area contributed by atoms with Gasteiger partial charge < -0.3 is 5.32 Å². The monoisotopic (exact) mass is 350 g/mol. The maximum Gasteiger partial charge on any atom is 0.0426 e. The molecule has 1 fully saturated rings. The van der Waals surface area contributed by atoms with Crippen molar-refractivity contribution < 1.29 is 0 Å². The van der Waals surface area contributed by atoms with Crippen LogP contribution in [-0.4, -0.2) is 24.0 Å². The molecule has 0 unspecified atom stereocenters. The van der Waals surface area contributed by atoms with Crippen molar-refractivity contribution in [1.29, 1.82) is 0 Å². The predicted octanol–water partition coefficient (Wildman–Crippen LogP) is 5.57. The van der Waals surface area contributed by atoms with Crippen LogP contribution in [-0.2, 0) is 6.54 Å². The molecule has 1 saturated heterocycles. The van der Waals surface area contributed by atoms with Crippen LogP contribution in [0, 0.1) is 0 Å². The first-order valence-corrected chi connectivity index (χ1v) is 9.37. The lowest BCUT2D eigenvalue weighted by molar-refractivity contribution is 0.212. The van der Waals surface area contributed by atoms with Gasteiger partial charge in [0.1, 0.15) is 0 Å². The van der Waals surface area contributed by atoms with Gasteiger partial charge in [0.2, 0.25) is 0 Å². The summed E-state index contributed by atoms with van der Waals surface area (Å²) in [6, 6.07) is 23.8. The Morgan fingerprint density at radius 3 is 2.52 bits per heavy atom. The van der Waals surface area contributed by atoms with Crippen LogP contribution in [0.1, 0.15) is 18.4 Å². The molecule has 1 aliphatic heterocycles. The number of anilines is 1. The number of hydrogen-bond donors (Lipinski definition) is 1. The van der Waals surface area contributed by atoms with Crippen LogP contribution in [0.25, 0.3) is 10.8 Å². The summed E-state index contributed by atoms with van der Waals surface area (Å²) < 4.78 is 0. The van der Waals surface area contributed by atoms with Crippen molar-refractivity contribution in [3.05, 3.63) is 77.3 Å². The van der Waals surface area contributed by atoms with E-state index in [1.54, 1.807) is 0 Å². The van der Waals surface area contributed by atoms with Crippen LogP contribution in [0.15, 0.2) is 66.7 Å². The highest BCUT2D eigenvalue weighted by atomic mass is 35.5. The van der Waals surface area contributed by atoms with Crippen LogP contribution in [0.5, 0.6) is 0 Å². The summed E-state index contributed by atoms with van der Waals surface area (Å²) in [5.41, 5.74) is 2.55. The minimum absolute atomic E-state index is 0.530. The molecule has 0 saturated carbocycles. The molecule has 3 aromatic rings. The van der Waals surface area contributed by atoms with Gasteiger partial charge in [0.05, 0.1) is 0 Å². The number of rotatable bonds is 4. The smallest absolute Gasteiger partial charge is 0.0426 e. The van der Waals surface area contributed by atoms with Crippen LogP contribution in [0.4, 0.5) is 5.69 Å². The fourth-order valence-corrected chi connectivity index (χ4v) is 3.91. The molecule has 0 bridgehead atoms. The lowest BCUT2D eigenvalue weighted by Crippen LogP contribution is -2.38. The van der Waals surface area contributed by atoms with E-state index >= 15 is 0 Å². The number of fused-ring (bicyclic) bond motifs is 1. The SMILES string of the molecule is Clc1cccc(NC2CCN(Cc3cccc4ccccc34)CC2)c1. The quantitative estimate of drug-likeness (QED) is 0.661. The second-order valence-electron chi connectivity index (χ2n) is 6.84. The Morgan fingerprint density at radius 2 is 1.68 bits per heavy atom. The third-order valence-electron chi connectivity index (χ3n) is 5.06. The zero-order valence-electron chi connectivity index (χ0n) is 14.3. The Morgan fingerprint density at radius 1 is 0.920 bits per heavy atom. The lowest BCUT2D eigenvalue weighted by atomic mass is 10.0. The third-order valence-corrected chi connectivity index (χ3v) is 5.29. The summed E-state index contributed by atoms with van der Waals surface area (Å²) in [6.07, 6.45) is 2.33. The van der Waals surface area contributed by atoms with Gasteiger partial charge in [0, 0.05) is 36.4 Å². The Bertz CT molecular complexity index is 848. The highest BCUT2D eigenvalue weighted by molar-refractivity contribution is 6.30. The molecule has 1 N–H and O–H groups in total. The largest absolute Gasteiger partial charge is 0.382 e. The topological polar surface area (TPSA) is 15.3 Å². The van der Waals surface area contributed by atoms with Crippen molar-refractivity contribution >= 4 is 28.1 Å². The summed E-state index contributed by atoms with van der Waals surface area (Å²) in [4.78, 5) is 2.57. The Labute approximate surface area is 154 Å². The first kappa shape index (κ1) is 16.4. The molecule has 4 rings (SSSR count). The van der Waals surface area contributed by atoms with E-state index in [4.69, 9.17) is 11.6 Å². The van der Waals surface area contributed by atoms with Gasteiger partial charge in [-0.25, -0.2) is 0 Å². The molecule has 1 heterocycles. The van der Waals surface area contributed by atoms with Gasteiger partial charge in [-0.1, -0.05) is 60.1 Å². The van der Waals surface area contributed by atoms with Crippen LogP contribution < -0.4 is 5.32 Å². The van der Waals surface area contributed by atoms with E-state index in [0.717, 1.165) is 43.2 Å². The standard InChI is InChI=1S/C22H23ClN2/c23-19-8-4-9-21(15-19)24-20-11-13-25(14-12-20)16-18-7-3-6-17-5-1-2-10-22(17)18/h1-10,15,20,24H,11-14,16H2. The van der Waals surface area contributed by atoms with Crippen molar-refractivity contribution in [3.8, 4) is 0 Å². The zero-order chi connectivity index (χ0) is 17.1. The van der Waals surface area contributed by atoms with E-state index in [-0.39, 0.29) is 0 Å². The zero-order valence-corrected chi connectivity index (χ0v) is 15.0. The van der Waals surface area contributed by atoms with Crippen molar-refractivity contribution in [3.63, 3.8) is 0 Å². The maximum atomic E-state index is 6.08. The van der Waals surface area contributed by atoms with E-state index in [0.29, 0.717) is 6.04 Å². The number of hydrogen-bond acceptors (Lipinski definition) is 2. The molecule has 128 valence electrons. The molecule has 0 amide bonds. The number of halogens is 1. The minimum Gasteiger partial charge on any atom is -0.382 e. The summed E-state index contributed by atoms with van der Waals surface area (Å²) in [6.45, 7) is 3.29. The lowest BCUT2D eigenvalue weighted by Gasteiger charge is -2.33. The first-order valence-electron chi connectivity index (χ1n) is 8.99. The highest BCUT2D eigenvalue weighted by Crippen LogP contribution is 2.23. The average molecular weight is 351 g/mol. The van der Waals surface area contributed by atoms with Crippen LogP contribution in [0.3, 0.4) is 0 Å². The molecular weight excluding hydrogens is 328 g/mol. The van der Waals surface area contributed by atoms with Crippen molar-refractivity contribution in [1.82, 2.24) is 4.90 Å². The number of nitrogens with zero attached hydrogens (tertiary/aromatic N) is 1. The molecule has 3 heteroatoms. The second-order valence-corrected chi connectivity index (χ2v) is 7.28. The molecule has 0 spiro atoms. The minimum atomic E-state index is 0.530. The van der Waals surface area contributed by atoms with Crippen molar-refractivity contribution in [2.45, 2.75) is 25.4 Å². The summed E-state index contributed by atoms with van der Waals surface area (Å²) >= 11 is 6.08. The molecule has 2 nitrogen and oxygen atoms in total. The normalized spacial score (nSPS) is 16.2. The van der Waals surface area contributed by atoms with Gasteiger partial charge in [-0.05, 0) is 47.4 Å². The fraction of sp³-hybridized carbons (Fsp3) is 0.273. The second kappa shape index (κ2) is 7.47. The van der Waals surface area contributed by atoms with E-state index in [1.807, 2.05) is 18.2 Å². The molecule has 1 aliphatic rings. The van der Waals surface area contributed by atoms with E-state index < -0.39 is 0 Å². The van der Waals surface area contributed by atoms with Gasteiger partial charge in [-0.15, -0.1) is 0 Å². The van der Waals surface area contributed by atoms with Crippen molar-refractivity contribution in [2.75, 3.05) is 18.4 Å². The third kappa shape index (κ3) is 3.97. The van der Waals surface area contributed by atoms with Crippen LogP contribution >= 0.6 is 11.6 Å². The summed E-state index contributed by atoms with van der Waals surface area (Å²) in [5, 5.41) is 7.12. The molecule has 0 aliphatic carbocycles. The fourth-order valence-electron chi connectivity index (χ4n) is 3.72. The number of nitrogens with one attached hydrogen (secondary N) is 1. The number of benzene rings is 3. The average Bonchev–Trinajstić information content (AvgIpc) is 2.64. The van der Waals surface area contributed by atoms with E-state index in [2.05, 4.69) is 58.7 Å². The molecule has 25 heavy (non-hydrogen) atoms. The molecule has 3 aromatic carbocycles. The Kier molecular flexibility index (Phi) is 4.91. The summed E-state index contributed by atoms with van der Waals surface area (Å²) in [5.74, 6) is 0.